The minimum absolute atomic E-state index is 0.247. The zero-order chi connectivity index (χ0) is 26.6. The maximum absolute atomic E-state index is 12.9. The van der Waals surface area contributed by atoms with Crippen molar-refractivity contribution in [2.24, 2.45) is 5.92 Å². The van der Waals surface area contributed by atoms with E-state index in [4.69, 9.17) is 4.42 Å². The fraction of sp³-hybridized carbons (Fsp3) is 0.517. The van der Waals surface area contributed by atoms with E-state index < -0.39 is 17.7 Å². The minimum atomic E-state index is -1.31. The van der Waals surface area contributed by atoms with E-state index in [0.717, 1.165) is 48.5 Å². The molecule has 0 bridgehead atoms. The van der Waals surface area contributed by atoms with E-state index in [1.165, 1.54) is 0 Å². The summed E-state index contributed by atoms with van der Waals surface area (Å²) < 4.78 is 6.14. The van der Waals surface area contributed by atoms with Gasteiger partial charge in [-0.1, -0.05) is 30.3 Å². The van der Waals surface area contributed by atoms with Crippen LogP contribution in [0.4, 0.5) is 0 Å². The summed E-state index contributed by atoms with van der Waals surface area (Å²) in [6.07, 6.45) is 3.75. The molecular weight excluding hydrogens is 468 g/mol. The van der Waals surface area contributed by atoms with Crippen molar-refractivity contribution in [1.82, 2.24) is 20.1 Å². The molecule has 4 rings (SSSR count). The van der Waals surface area contributed by atoms with Crippen LogP contribution in [-0.2, 0) is 16.8 Å². The van der Waals surface area contributed by atoms with Gasteiger partial charge in [0.1, 0.15) is 17.1 Å². The van der Waals surface area contributed by atoms with Crippen LogP contribution in [0.15, 0.2) is 59.3 Å². The molecule has 3 heterocycles. The second-order valence-corrected chi connectivity index (χ2v) is 11.2. The number of pyridine rings is 1. The fourth-order valence-electron chi connectivity index (χ4n) is 5.12. The van der Waals surface area contributed by atoms with Crippen molar-refractivity contribution in [2.75, 3.05) is 32.7 Å². The average Bonchev–Trinajstić information content (AvgIpc) is 3.29. The highest BCUT2D eigenvalue weighted by atomic mass is 16.3. The van der Waals surface area contributed by atoms with E-state index >= 15 is 0 Å². The number of furan rings is 1. The third kappa shape index (κ3) is 7.17. The molecule has 1 aliphatic heterocycles. The van der Waals surface area contributed by atoms with Gasteiger partial charge in [0, 0.05) is 56.4 Å². The lowest BCUT2D eigenvalue weighted by Crippen LogP contribution is -2.54. The molecule has 0 saturated carbocycles. The van der Waals surface area contributed by atoms with Gasteiger partial charge in [-0.05, 0) is 58.2 Å². The van der Waals surface area contributed by atoms with Gasteiger partial charge in [0.25, 0.3) is 0 Å². The quantitative estimate of drug-likeness (QED) is 0.362. The maximum Gasteiger partial charge on any atom is 0.225 e. The second kappa shape index (κ2) is 11.3. The molecule has 3 N–H and O–H groups in total. The largest absolute Gasteiger partial charge is 0.459 e. The number of nitrogens with one attached hydrogen (secondary N) is 1. The molecular formula is C29H40N4O4. The van der Waals surface area contributed by atoms with E-state index in [1.807, 2.05) is 42.6 Å². The predicted octanol–water partition coefficient (Wildman–Crippen LogP) is 3.14. The zero-order valence-corrected chi connectivity index (χ0v) is 22.4. The first-order valence-electron chi connectivity index (χ1n) is 13.1. The Bertz CT molecular complexity index is 1130. The lowest BCUT2D eigenvalue weighted by molar-refractivity contribution is -0.132. The van der Waals surface area contributed by atoms with Crippen molar-refractivity contribution in [3.05, 3.63) is 66.2 Å². The monoisotopic (exact) mass is 508 g/mol. The van der Waals surface area contributed by atoms with Crippen molar-refractivity contribution < 1.29 is 19.4 Å². The van der Waals surface area contributed by atoms with E-state index in [-0.39, 0.29) is 11.4 Å². The number of hydrogen-bond donors (Lipinski definition) is 3. The normalized spacial score (nSPS) is 17.6. The molecule has 0 spiro atoms. The molecule has 2 aromatic heterocycles. The Morgan fingerprint density at radius 2 is 1.81 bits per heavy atom. The highest BCUT2D eigenvalue weighted by Crippen LogP contribution is 2.33. The average molecular weight is 509 g/mol. The van der Waals surface area contributed by atoms with Gasteiger partial charge in [-0.2, -0.15) is 0 Å². The summed E-state index contributed by atoms with van der Waals surface area (Å²) in [5, 5.41) is 24.7. The number of nitrogens with zero attached hydrogens (tertiary/aromatic N) is 3. The molecule has 0 unspecified atom stereocenters. The first-order valence-corrected chi connectivity index (χ1v) is 13.1. The maximum atomic E-state index is 12.9. The molecule has 1 amide bonds. The smallest absolute Gasteiger partial charge is 0.225 e. The number of carbonyl (C=O) groups is 1. The van der Waals surface area contributed by atoms with Crippen LogP contribution in [0, 0.1) is 5.92 Å². The summed E-state index contributed by atoms with van der Waals surface area (Å²) in [6.45, 7) is 11.3. The first-order chi connectivity index (χ1) is 17.5. The number of benzene rings is 1. The van der Waals surface area contributed by atoms with Crippen LogP contribution in [0.3, 0.4) is 0 Å². The molecule has 37 heavy (non-hydrogen) atoms. The van der Waals surface area contributed by atoms with Crippen LogP contribution < -0.4 is 5.32 Å². The van der Waals surface area contributed by atoms with Gasteiger partial charge in [-0.15, -0.1) is 0 Å². The molecule has 1 saturated heterocycles. The number of aromatic nitrogens is 1. The van der Waals surface area contributed by atoms with Crippen molar-refractivity contribution in [3.63, 3.8) is 0 Å². The number of rotatable bonds is 10. The summed E-state index contributed by atoms with van der Waals surface area (Å²) in [6, 6.07) is 13.8. The number of amides is 1. The van der Waals surface area contributed by atoms with Gasteiger partial charge >= 0.3 is 0 Å². The first kappa shape index (κ1) is 27.3. The number of β-amino-alcohol motifs (C(OH)–C–C–N with tert-alkyl or cyclic N) is 1. The van der Waals surface area contributed by atoms with E-state index in [9.17, 15) is 15.0 Å². The highest BCUT2D eigenvalue weighted by molar-refractivity contribution is 5.79. The van der Waals surface area contributed by atoms with Crippen molar-refractivity contribution >= 4 is 16.9 Å². The topological polar surface area (TPSA) is 102 Å². The van der Waals surface area contributed by atoms with E-state index in [0.29, 0.717) is 19.4 Å². The SMILES string of the molecule is CC(C)(O)NC(=O)[C@H](Cc1ccccc1)C[C@H](O)CN1CCN(C(C)(C)c2cc3cnccc3o2)CC1. The molecule has 1 aromatic carbocycles. The van der Waals surface area contributed by atoms with Crippen LogP contribution >= 0.6 is 0 Å². The molecule has 200 valence electrons. The highest BCUT2D eigenvalue weighted by Gasteiger charge is 2.35. The zero-order valence-electron chi connectivity index (χ0n) is 22.4. The van der Waals surface area contributed by atoms with Crippen LogP contribution in [0.2, 0.25) is 0 Å². The summed E-state index contributed by atoms with van der Waals surface area (Å²) in [4.78, 5) is 21.8. The van der Waals surface area contributed by atoms with Gasteiger partial charge in [0.15, 0.2) is 0 Å². The Morgan fingerprint density at radius 3 is 2.46 bits per heavy atom. The summed E-state index contributed by atoms with van der Waals surface area (Å²) in [5.41, 5.74) is 0.303. The Morgan fingerprint density at radius 1 is 1.11 bits per heavy atom. The van der Waals surface area contributed by atoms with Crippen LogP contribution in [0.5, 0.6) is 0 Å². The fourth-order valence-corrected chi connectivity index (χ4v) is 5.12. The van der Waals surface area contributed by atoms with Crippen molar-refractivity contribution in [2.45, 2.75) is 57.9 Å². The number of aliphatic hydroxyl groups excluding tert-OH is 1. The van der Waals surface area contributed by atoms with Gasteiger partial charge in [-0.25, -0.2) is 0 Å². The Labute approximate surface area is 219 Å². The minimum Gasteiger partial charge on any atom is -0.459 e. The lowest BCUT2D eigenvalue weighted by atomic mass is 9.92. The van der Waals surface area contributed by atoms with Gasteiger partial charge in [0.2, 0.25) is 5.91 Å². The third-order valence-corrected chi connectivity index (χ3v) is 7.23. The molecule has 8 nitrogen and oxygen atoms in total. The van der Waals surface area contributed by atoms with E-state index in [2.05, 4.69) is 40.0 Å². The molecule has 0 aliphatic carbocycles. The predicted molar refractivity (Wildman–Crippen MR) is 144 cm³/mol. The van der Waals surface area contributed by atoms with Crippen LogP contribution in [0.25, 0.3) is 11.0 Å². The number of carbonyl (C=O) groups excluding carboxylic acids is 1. The standard InChI is InChI=1S/C29H40N4O4/c1-28(2,26-18-23-19-30-11-10-25(23)37-26)33-14-12-32(13-15-33)20-24(34)17-22(27(35)31-29(3,4)36)16-21-8-6-5-7-9-21/h5-11,18-19,22,24,34,36H,12-17,20H2,1-4H3,(H,31,35)/t22-,24+/m1/s1. The Hall–Kier alpha value is -2.78. The van der Waals surface area contributed by atoms with Gasteiger partial charge in [-0.3, -0.25) is 19.6 Å². The summed E-state index contributed by atoms with van der Waals surface area (Å²) in [7, 11) is 0. The second-order valence-electron chi connectivity index (χ2n) is 11.2. The molecule has 1 aliphatic rings. The summed E-state index contributed by atoms with van der Waals surface area (Å²) >= 11 is 0. The molecule has 0 radical (unpaired) electrons. The molecule has 2 atom stereocenters. The van der Waals surface area contributed by atoms with Crippen LogP contribution in [0.1, 0.15) is 45.4 Å². The Kier molecular flexibility index (Phi) is 8.33. The molecule has 3 aromatic rings. The Balaban J connectivity index is 1.33. The van der Waals surface area contributed by atoms with Crippen molar-refractivity contribution in [3.8, 4) is 0 Å². The third-order valence-electron chi connectivity index (χ3n) is 7.23. The van der Waals surface area contributed by atoms with Gasteiger partial charge < -0.3 is 19.9 Å². The number of piperazine rings is 1. The van der Waals surface area contributed by atoms with E-state index in [1.54, 1.807) is 20.0 Å². The number of hydrogen-bond acceptors (Lipinski definition) is 7. The number of aliphatic hydroxyl groups is 2. The lowest BCUT2D eigenvalue weighted by Gasteiger charge is -2.43. The van der Waals surface area contributed by atoms with Crippen molar-refractivity contribution in [1.29, 1.82) is 0 Å². The van der Waals surface area contributed by atoms with Gasteiger partial charge in [0.05, 0.1) is 11.6 Å². The molecule has 1 fully saturated rings. The number of fused-ring (bicyclic) bond motifs is 1. The molecule has 8 heteroatoms. The van der Waals surface area contributed by atoms with Crippen LogP contribution in [-0.4, -0.2) is 75.5 Å². The summed E-state index contributed by atoms with van der Waals surface area (Å²) in [5.74, 6) is 0.236.